The molecule has 0 radical (unpaired) electrons. The lowest BCUT2D eigenvalue weighted by Crippen LogP contribution is -2.47. The minimum absolute atomic E-state index is 0.0158. The minimum Gasteiger partial charge on any atom is -0.497 e. The molecule has 0 spiro atoms. The maximum atomic E-state index is 12.0. The number of hydrogen-bond acceptors (Lipinski definition) is 4. The molecule has 0 saturated carbocycles. The molecular weight excluding hydrogens is 244 g/mol. The second-order valence-corrected chi connectivity index (χ2v) is 4.71. The van der Waals surface area contributed by atoms with Crippen LogP contribution in [0, 0.1) is 0 Å². The molecule has 5 nitrogen and oxygen atoms in total. The van der Waals surface area contributed by atoms with Crippen LogP contribution in [0.1, 0.15) is 12.8 Å². The van der Waals surface area contributed by atoms with Gasteiger partial charge in [-0.15, -0.1) is 0 Å². The minimum atomic E-state index is -0.0158. The van der Waals surface area contributed by atoms with Crippen LogP contribution in [0.15, 0.2) is 24.3 Å². The standard InChI is InChI=1S/C14H20N2O3/c1-18-12-5-2-6-13(8-12)19-10-14(17)16-7-3-4-11(15)9-16/h2,5-6,8,11H,3-4,7,9-10,15H2,1H3/t11-/m1/s1. The molecule has 2 N–H and O–H groups in total. The number of ether oxygens (including phenoxy) is 2. The zero-order valence-corrected chi connectivity index (χ0v) is 11.2. The average molecular weight is 264 g/mol. The van der Waals surface area contributed by atoms with Crippen molar-refractivity contribution in [3.63, 3.8) is 0 Å². The van der Waals surface area contributed by atoms with Gasteiger partial charge in [0.15, 0.2) is 6.61 Å². The summed E-state index contributed by atoms with van der Waals surface area (Å²) >= 11 is 0. The number of likely N-dealkylation sites (tertiary alicyclic amines) is 1. The van der Waals surface area contributed by atoms with E-state index in [-0.39, 0.29) is 18.6 Å². The van der Waals surface area contributed by atoms with Gasteiger partial charge >= 0.3 is 0 Å². The molecule has 1 atom stereocenters. The highest BCUT2D eigenvalue weighted by atomic mass is 16.5. The van der Waals surface area contributed by atoms with Crippen LogP contribution in [-0.2, 0) is 4.79 Å². The van der Waals surface area contributed by atoms with E-state index in [1.165, 1.54) is 0 Å². The van der Waals surface area contributed by atoms with Crippen molar-refractivity contribution in [2.24, 2.45) is 5.73 Å². The van der Waals surface area contributed by atoms with Gasteiger partial charge in [0.1, 0.15) is 11.5 Å². The fourth-order valence-corrected chi connectivity index (χ4v) is 2.16. The quantitative estimate of drug-likeness (QED) is 0.882. The van der Waals surface area contributed by atoms with Crippen molar-refractivity contribution in [3.05, 3.63) is 24.3 Å². The summed E-state index contributed by atoms with van der Waals surface area (Å²) in [7, 11) is 1.60. The molecule has 1 amide bonds. The molecule has 1 aliphatic rings. The van der Waals surface area contributed by atoms with Crippen molar-refractivity contribution < 1.29 is 14.3 Å². The third-order valence-electron chi connectivity index (χ3n) is 3.21. The van der Waals surface area contributed by atoms with Gasteiger partial charge in [-0.25, -0.2) is 0 Å². The van der Waals surface area contributed by atoms with Gasteiger partial charge in [-0.3, -0.25) is 4.79 Å². The van der Waals surface area contributed by atoms with E-state index in [4.69, 9.17) is 15.2 Å². The highest BCUT2D eigenvalue weighted by Crippen LogP contribution is 2.19. The first-order valence-electron chi connectivity index (χ1n) is 6.49. The highest BCUT2D eigenvalue weighted by molar-refractivity contribution is 5.78. The van der Waals surface area contributed by atoms with Gasteiger partial charge in [-0.05, 0) is 25.0 Å². The van der Waals surface area contributed by atoms with E-state index in [1.807, 2.05) is 12.1 Å². The number of nitrogens with two attached hydrogens (primary N) is 1. The summed E-state index contributed by atoms with van der Waals surface area (Å²) in [6, 6.07) is 7.32. The highest BCUT2D eigenvalue weighted by Gasteiger charge is 2.21. The maximum absolute atomic E-state index is 12.0. The number of amides is 1. The molecule has 1 aliphatic heterocycles. The third kappa shape index (κ3) is 3.86. The van der Waals surface area contributed by atoms with Crippen LogP contribution in [0.2, 0.25) is 0 Å². The van der Waals surface area contributed by atoms with Crippen molar-refractivity contribution in [1.29, 1.82) is 0 Å². The molecular formula is C14H20N2O3. The Labute approximate surface area is 113 Å². The SMILES string of the molecule is COc1cccc(OCC(=O)N2CCC[C@@H](N)C2)c1. The lowest BCUT2D eigenvalue weighted by Gasteiger charge is -2.30. The summed E-state index contributed by atoms with van der Waals surface area (Å²) in [6.07, 6.45) is 1.95. The first-order chi connectivity index (χ1) is 9.19. The normalized spacial score (nSPS) is 19.1. The number of carbonyl (C=O) groups excluding carboxylic acids is 1. The topological polar surface area (TPSA) is 64.8 Å². The molecule has 5 heteroatoms. The van der Waals surface area contributed by atoms with Crippen molar-refractivity contribution in [2.45, 2.75) is 18.9 Å². The van der Waals surface area contributed by atoms with Gasteiger partial charge in [0.2, 0.25) is 0 Å². The van der Waals surface area contributed by atoms with Crippen LogP contribution in [0.3, 0.4) is 0 Å². The van der Waals surface area contributed by atoms with Crippen molar-refractivity contribution in [2.75, 3.05) is 26.8 Å². The Morgan fingerprint density at radius 2 is 2.26 bits per heavy atom. The lowest BCUT2D eigenvalue weighted by atomic mass is 10.1. The van der Waals surface area contributed by atoms with E-state index in [0.717, 1.165) is 19.4 Å². The molecule has 0 aromatic heterocycles. The number of methoxy groups -OCH3 is 1. The molecule has 1 saturated heterocycles. The number of carbonyl (C=O) groups is 1. The Balaban J connectivity index is 1.85. The number of rotatable bonds is 4. The molecule has 0 unspecified atom stereocenters. The summed E-state index contributed by atoms with van der Waals surface area (Å²) in [5.74, 6) is 1.33. The van der Waals surface area contributed by atoms with E-state index in [2.05, 4.69) is 0 Å². The largest absolute Gasteiger partial charge is 0.497 e. The van der Waals surface area contributed by atoms with E-state index in [9.17, 15) is 4.79 Å². The van der Waals surface area contributed by atoms with Gasteiger partial charge in [0.25, 0.3) is 5.91 Å². The molecule has 0 aliphatic carbocycles. The first kappa shape index (κ1) is 13.7. The predicted molar refractivity (Wildman–Crippen MR) is 72.3 cm³/mol. The van der Waals surface area contributed by atoms with Crippen LogP contribution in [0.4, 0.5) is 0 Å². The van der Waals surface area contributed by atoms with E-state index in [1.54, 1.807) is 24.1 Å². The molecule has 1 fully saturated rings. The van der Waals surface area contributed by atoms with Crippen LogP contribution in [0.5, 0.6) is 11.5 Å². The molecule has 2 rings (SSSR count). The molecule has 19 heavy (non-hydrogen) atoms. The lowest BCUT2D eigenvalue weighted by molar-refractivity contribution is -0.134. The smallest absolute Gasteiger partial charge is 0.260 e. The predicted octanol–water partition coefficient (Wildman–Crippen LogP) is 1.02. The van der Waals surface area contributed by atoms with Gasteiger partial charge < -0.3 is 20.1 Å². The summed E-state index contributed by atoms with van der Waals surface area (Å²) in [5.41, 5.74) is 5.86. The van der Waals surface area contributed by atoms with Gasteiger partial charge in [0.05, 0.1) is 7.11 Å². The monoisotopic (exact) mass is 264 g/mol. The fraction of sp³-hybridized carbons (Fsp3) is 0.500. The van der Waals surface area contributed by atoms with Crippen LogP contribution >= 0.6 is 0 Å². The zero-order chi connectivity index (χ0) is 13.7. The Morgan fingerprint density at radius 3 is 3.00 bits per heavy atom. The molecule has 0 bridgehead atoms. The zero-order valence-electron chi connectivity index (χ0n) is 11.2. The molecule has 1 aromatic carbocycles. The van der Waals surface area contributed by atoms with E-state index < -0.39 is 0 Å². The summed E-state index contributed by atoms with van der Waals surface area (Å²) in [6.45, 7) is 1.44. The number of benzene rings is 1. The van der Waals surface area contributed by atoms with Gasteiger partial charge in [-0.2, -0.15) is 0 Å². The van der Waals surface area contributed by atoms with Crippen LogP contribution in [0.25, 0.3) is 0 Å². The second kappa shape index (κ2) is 6.43. The first-order valence-corrected chi connectivity index (χ1v) is 6.49. The summed E-state index contributed by atoms with van der Waals surface area (Å²) < 4.78 is 10.6. The third-order valence-corrected chi connectivity index (χ3v) is 3.21. The average Bonchev–Trinajstić information content (AvgIpc) is 2.45. The molecule has 1 heterocycles. The second-order valence-electron chi connectivity index (χ2n) is 4.71. The van der Waals surface area contributed by atoms with Gasteiger partial charge in [-0.1, -0.05) is 6.07 Å². The van der Waals surface area contributed by atoms with Crippen LogP contribution < -0.4 is 15.2 Å². The van der Waals surface area contributed by atoms with Crippen LogP contribution in [-0.4, -0.2) is 43.7 Å². The maximum Gasteiger partial charge on any atom is 0.260 e. The van der Waals surface area contributed by atoms with E-state index >= 15 is 0 Å². The Kier molecular flexibility index (Phi) is 4.63. The Bertz CT molecular complexity index is 436. The van der Waals surface area contributed by atoms with Crippen molar-refractivity contribution >= 4 is 5.91 Å². The molecule has 1 aromatic rings. The Hall–Kier alpha value is -1.75. The van der Waals surface area contributed by atoms with Crippen molar-refractivity contribution in [3.8, 4) is 11.5 Å². The Morgan fingerprint density at radius 1 is 1.47 bits per heavy atom. The van der Waals surface area contributed by atoms with E-state index in [0.29, 0.717) is 18.0 Å². The summed E-state index contributed by atoms with van der Waals surface area (Å²) in [4.78, 5) is 13.8. The number of nitrogens with zero attached hydrogens (tertiary/aromatic N) is 1. The summed E-state index contributed by atoms with van der Waals surface area (Å²) in [5, 5.41) is 0. The van der Waals surface area contributed by atoms with Gasteiger partial charge in [0, 0.05) is 25.2 Å². The molecule has 104 valence electrons. The fourth-order valence-electron chi connectivity index (χ4n) is 2.16. The number of piperidine rings is 1. The van der Waals surface area contributed by atoms with Crippen molar-refractivity contribution in [1.82, 2.24) is 4.90 Å². The number of hydrogen-bond donors (Lipinski definition) is 1.